The zero-order chi connectivity index (χ0) is 29.2. The fourth-order valence-corrected chi connectivity index (χ4v) is 6.12. The maximum atomic E-state index is 13.4. The summed E-state index contributed by atoms with van der Waals surface area (Å²) in [6, 6.07) is 4.83. The highest BCUT2D eigenvalue weighted by Crippen LogP contribution is 2.39. The van der Waals surface area contributed by atoms with Crippen molar-refractivity contribution in [2.45, 2.75) is 74.5 Å². The topological polar surface area (TPSA) is 127 Å². The normalized spacial score (nSPS) is 17.3. The number of benzene rings is 1. The lowest BCUT2D eigenvalue weighted by Crippen LogP contribution is -2.51. The molecule has 41 heavy (non-hydrogen) atoms. The van der Waals surface area contributed by atoms with Crippen LogP contribution in [-0.2, 0) is 27.5 Å². The SMILES string of the molecule is O=C(NCc1cc(-c2cnc(C(F)(F)F)nc2)nc(C2CC2)n1)[C@@H](NS(=O)(=O)c1ccc(F)cc1)C1CCCCC1. The van der Waals surface area contributed by atoms with Crippen LogP contribution in [0.25, 0.3) is 11.3 Å². The van der Waals surface area contributed by atoms with Gasteiger partial charge < -0.3 is 5.32 Å². The molecule has 2 aliphatic carbocycles. The van der Waals surface area contributed by atoms with Crippen LogP contribution >= 0.6 is 0 Å². The summed E-state index contributed by atoms with van der Waals surface area (Å²) in [4.78, 5) is 29.1. The molecule has 0 spiro atoms. The Kier molecular flexibility index (Phi) is 8.32. The molecule has 2 N–H and O–H groups in total. The number of carbonyl (C=O) groups excluding carboxylic acids is 1. The average molecular weight is 593 g/mol. The minimum Gasteiger partial charge on any atom is -0.349 e. The van der Waals surface area contributed by atoms with E-state index in [1.807, 2.05) is 0 Å². The van der Waals surface area contributed by atoms with Crippen LogP contribution < -0.4 is 10.0 Å². The predicted octanol–water partition coefficient (Wildman–Crippen LogP) is 4.51. The Balaban J connectivity index is 1.36. The van der Waals surface area contributed by atoms with Crippen molar-refractivity contribution in [1.29, 1.82) is 0 Å². The van der Waals surface area contributed by atoms with Crippen LogP contribution in [0.4, 0.5) is 17.6 Å². The molecule has 0 radical (unpaired) electrons. The molecule has 3 aromatic rings. The van der Waals surface area contributed by atoms with Crippen molar-refractivity contribution < 1.29 is 30.8 Å². The summed E-state index contributed by atoms with van der Waals surface area (Å²) in [5.74, 6) is -1.99. The number of aromatic nitrogens is 4. The van der Waals surface area contributed by atoms with Crippen molar-refractivity contribution in [3.8, 4) is 11.3 Å². The van der Waals surface area contributed by atoms with Crippen LogP contribution in [-0.4, -0.2) is 40.3 Å². The van der Waals surface area contributed by atoms with Crippen LogP contribution in [0.1, 0.15) is 68.2 Å². The number of nitrogens with zero attached hydrogens (tertiary/aromatic N) is 4. The maximum Gasteiger partial charge on any atom is 0.451 e. The van der Waals surface area contributed by atoms with Crippen molar-refractivity contribution in [3.05, 3.63) is 65.9 Å². The van der Waals surface area contributed by atoms with Crippen molar-refractivity contribution >= 4 is 15.9 Å². The quantitative estimate of drug-likeness (QED) is 0.350. The number of hydrogen-bond donors (Lipinski definition) is 2. The van der Waals surface area contributed by atoms with E-state index in [4.69, 9.17) is 0 Å². The van der Waals surface area contributed by atoms with Crippen LogP contribution in [0, 0.1) is 11.7 Å². The first-order valence-electron chi connectivity index (χ1n) is 13.3. The molecule has 0 unspecified atom stereocenters. The molecule has 0 aliphatic heterocycles. The van der Waals surface area contributed by atoms with Gasteiger partial charge in [0.15, 0.2) is 0 Å². The molecule has 2 fully saturated rings. The number of nitrogens with one attached hydrogen (secondary N) is 2. The Labute approximate surface area is 234 Å². The van der Waals surface area contributed by atoms with Gasteiger partial charge in [-0.3, -0.25) is 4.79 Å². The fourth-order valence-electron chi connectivity index (χ4n) is 4.86. The highest BCUT2D eigenvalue weighted by atomic mass is 32.2. The van der Waals surface area contributed by atoms with E-state index in [1.165, 1.54) is 6.07 Å². The third-order valence-corrected chi connectivity index (χ3v) is 8.65. The van der Waals surface area contributed by atoms with Crippen LogP contribution in [0.5, 0.6) is 0 Å². The Morgan fingerprint density at radius 2 is 1.63 bits per heavy atom. The molecule has 9 nitrogen and oxygen atoms in total. The Bertz CT molecular complexity index is 1490. The van der Waals surface area contributed by atoms with Gasteiger partial charge in [-0.15, -0.1) is 0 Å². The van der Waals surface area contributed by atoms with Gasteiger partial charge in [-0.05, 0) is 61.9 Å². The molecule has 0 saturated heterocycles. The predicted molar refractivity (Wildman–Crippen MR) is 139 cm³/mol. The largest absolute Gasteiger partial charge is 0.451 e. The van der Waals surface area contributed by atoms with Gasteiger partial charge in [-0.2, -0.15) is 17.9 Å². The van der Waals surface area contributed by atoms with Crippen LogP contribution in [0.3, 0.4) is 0 Å². The third-order valence-electron chi connectivity index (χ3n) is 7.19. The van der Waals surface area contributed by atoms with E-state index >= 15 is 0 Å². The standard InChI is InChI=1S/C27H28F4N6O3S/c28-19-8-10-21(11-9-19)41(39,40)37-23(16-4-2-1-3-5-16)25(38)32-15-20-12-22(36-24(35-20)17-6-7-17)18-13-33-26(34-14-18)27(29,30)31/h8-14,16-17,23,37H,1-7,15H2,(H,32,38)/t23-/m0/s1. The second-order valence-corrected chi connectivity index (χ2v) is 12.1. The summed E-state index contributed by atoms with van der Waals surface area (Å²) in [7, 11) is -4.12. The second kappa shape index (κ2) is 11.8. The summed E-state index contributed by atoms with van der Waals surface area (Å²) < 4.78 is 80.8. The van der Waals surface area contributed by atoms with Crippen LogP contribution in [0.15, 0.2) is 47.6 Å². The Morgan fingerprint density at radius 3 is 2.24 bits per heavy atom. The number of carbonyl (C=O) groups is 1. The van der Waals surface area contributed by atoms with E-state index in [1.54, 1.807) is 0 Å². The van der Waals surface area contributed by atoms with Gasteiger partial charge in [0, 0.05) is 23.9 Å². The fraction of sp³-hybridized carbons (Fsp3) is 0.444. The van der Waals surface area contributed by atoms with Gasteiger partial charge >= 0.3 is 6.18 Å². The van der Waals surface area contributed by atoms with E-state index < -0.39 is 39.8 Å². The summed E-state index contributed by atoms with van der Waals surface area (Å²) in [5.41, 5.74) is 0.997. The molecule has 1 atom stereocenters. The van der Waals surface area contributed by atoms with E-state index in [0.717, 1.165) is 68.8 Å². The molecule has 0 bridgehead atoms. The van der Waals surface area contributed by atoms with Gasteiger partial charge in [-0.1, -0.05) is 19.3 Å². The Morgan fingerprint density at radius 1 is 0.976 bits per heavy atom. The molecule has 1 amide bonds. The first-order chi connectivity index (χ1) is 19.5. The van der Waals surface area contributed by atoms with Crippen molar-refractivity contribution in [1.82, 2.24) is 30.0 Å². The lowest BCUT2D eigenvalue weighted by atomic mass is 9.84. The lowest BCUT2D eigenvalue weighted by molar-refractivity contribution is -0.145. The molecule has 2 heterocycles. The highest BCUT2D eigenvalue weighted by Gasteiger charge is 2.35. The van der Waals surface area contributed by atoms with Gasteiger partial charge in [0.25, 0.3) is 0 Å². The van der Waals surface area contributed by atoms with Gasteiger partial charge in [0.1, 0.15) is 17.7 Å². The Hall–Kier alpha value is -3.52. The summed E-state index contributed by atoms with van der Waals surface area (Å²) in [6.45, 7) is -0.0585. The smallest absolute Gasteiger partial charge is 0.349 e. The molecular formula is C27H28F4N6O3S. The van der Waals surface area contributed by atoms with Gasteiger partial charge in [0.2, 0.25) is 21.8 Å². The molecule has 2 aliphatic rings. The van der Waals surface area contributed by atoms with Gasteiger partial charge in [-0.25, -0.2) is 32.7 Å². The maximum absolute atomic E-state index is 13.4. The molecule has 218 valence electrons. The summed E-state index contributed by atoms with van der Waals surface area (Å²) in [6.07, 6.45) is 3.21. The monoisotopic (exact) mass is 592 g/mol. The number of halogens is 4. The molecule has 2 aromatic heterocycles. The molecule has 1 aromatic carbocycles. The number of hydrogen-bond acceptors (Lipinski definition) is 7. The van der Waals surface area contributed by atoms with E-state index in [0.29, 0.717) is 30.1 Å². The zero-order valence-corrected chi connectivity index (χ0v) is 22.7. The third kappa shape index (κ3) is 7.22. The molecule has 2 saturated carbocycles. The van der Waals surface area contributed by atoms with E-state index in [-0.39, 0.29) is 28.8 Å². The number of sulfonamides is 1. The first kappa shape index (κ1) is 29.0. The molecule has 5 rings (SSSR count). The van der Waals surface area contributed by atoms with E-state index in [9.17, 15) is 30.8 Å². The summed E-state index contributed by atoms with van der Waals surface area (Å²) in [5, 5.41) is 2.78. The van der Waals surface area contributed by atoms with Crippen LogP contribution in [0.2, 0.25) is 0 Å². The minimum absolute atomic E-state index is 0.0585. The zero-order valence-electron chi connectivity index (χ0n) is 21.9. The minimum atomic E-state index is -4.67. The lowest BCUT2D eigenvalue weighted by Gasteiger charge is -2.30. The molecule has 14 heteroatoms. The second-order valence-electron chi connectivity index (χ2n) is 10.3. The van der Waals surface area contributed by atoms with Crippen molar-refractivity contribution in [3.63, 3.8) is 0 Å². The van der Waals surface area contributed by atoms with Gasteiger partial charge in [0.05, 0.1) is 22.8 Å². The summed E-state index contributed by atoms with van der Waals surface area (Å²) >= 11 is 0. The number of rotatable bonds is 9. The highest BCUT2D eigenvalue weighted by molar-refractivity contribution is 7.89. The van der Waals surface area contributed by atoms with Crippen molar-refractivity contribution in [2.24, 2.45) is 5.92 Å². The van der Waals surface area contributed by atoms with Crippen molar-refractivity contribution in [2.75, 3.05) is 0 Å². The first-order valence-corrected chi connectivity index (χ1v) is 14.8. The number of alkyl halides is 3. The molecular weight excluding hydrogens is 564 g/mol. The number of amides is 1. The average Bonchev–Trinajstić information content (AvgIpc) is 3.81. The van der Waals surface area contributed by atoms with E-state index in [2.05, 4.69) is 30.0 Å².